The predicted molar refractivity (Wildman–Crippen MR) is 97.7 cm³/mol. The van der Waals surface area contributed by atoms with Gasteiger partial charge in [-0.2, -0.15) is 0 Å². The average molecular weight is 279 g/mol. The van der Waals surface area contributed by atoms with Crippen LogP contribution in [-0.2, 0) is 0 Å². The van der Waals surface area contributed by atoms with E-state index in [9.17, 15) is 0 Å². The fraction of sp³-hybridized carbons (Fsp3) is 0.600. The van der Waals surface area contributed by atoms with Gasteiger partial charge in [-0.15, -0.1) is 0 Å². The molecule has 0 atom stereocenters. The molecule has 0 saturated carbocycles. The summed E-state index contributed by atoms with van der Waals surface area (Å²) in [5.41, 5.74) is 2.76. The molecule has 1 aromatic rings. The Hall–Kier alpha value is -1.04. The van der Waals surface area contributed by atoms with Gasteiger partial charge in [0.25, 0.3) is 0 Å². The first kappa shape index (κ1) is 24.0. The second-order valence-electron chi connectivity index (χ2n) is 5.15. The van der Waals surface area contributed by atoms with Gasteiger partial charge in [0.1, 0.15) is 0 Å². The van der Waals surface area contributed by atoms with E-state index < -0.39 is 0 Å². The van der Waals surface area contributed by atoms with Crippen molar-refractivity contribution in [3.05, 3.63) is 47.5 Å². The number of allylic oxidation sites excluding steroid dienone is 2. The van der Waals surface area contributed by atoms with Gasteiger partial charge in [-0.1, -0.05) is 96.4 Å². The summed E-state index contributed by atoms with van der Waals surface area (Å²) in [6, 6.07) is 8.71. The molecular formula is C20H38. The quantitative estimate of drug-likeness (QED) is 0.466. The van der Waals surface area contributed by atoms with Crippen molar-refractivity contribution in [1.82, 2.24) is 0 Å². The van der Waals surface area contributed by atoms with E-state index in [1.165, 1.54) is 24.0 Å². The first-order chi connectivity index (χ1) is 9.44. The zero-order chi connectivity index (χ0) is 16.4. The highest BCUT2D eigenvalue weighted by molar-refractivity contribution is 5.23. The fourth-order valence-electron chi connectivity index (χ4n) is 0.951. The highest BCUT2D eigenvalue weighted by atomic mass is 14.0. The Morgan fingerprint density at radius 2 is 1.10 bits per heavy atom. The highest BCUT2D eigenvalue weighted by Crippen LogP contribution is 2.13. The normalized spacial score (nSPS) is 8.90. The molecule has 0 bridgehead atoms. The number of rotatable bonds is 1. The molecule has 0 aliphatic carbocycles. The second-order valence-corrected chi connectivity index (χ2v) is 5.15. The van der Waals surface area contributed by atoms with Gasteiger partial charge in [-0.05, 0) is 32.3 Å². The summed E-state index contributed by atoms with van der Waals surface area (Å²) in [5.74, 6) is 0.653. The van der Waals surface area contributed by atoms with Crippen LogP contribution in [0.5, 0.6) is 0 Å². The summed E-state index contributed by atoms with van der Waals surface area (Å²) >= 11 is 0. The molecule has 0 radical (unpaired) electrons. The molecule has 1 aromatic carbocycles. The van der Waals surface area contributed by atoms with Gasteiger partial charge in [0.2, 0.25) is 0 Å². The molecule has 0 N–H and O–H groups in total. The standard InChI is InChI=1S/C10H14.C4H8.2C3H8/c1-8(2)10-6-4-9(3)5-7-10;1-3-4-2;2*1-3-2/h4-8H,1-3H3;3-4H,1-2H3;2*3H2,1-2H3/b;4-3-;;. The molecule has 0 fully saturated rings. The number of aryl methyl sites for hydroxylation is 1. The summed E-state index contributed by atoms with van der Waals surface area (Å²) in [5, 5.41) is 0. The van der Waals surface area contributed by atoms with Crippen LogP contribution in [-0.4, -0.2) is 0 Å². The largest absolute Gasteiger partial charge is 0.0919 e. The van der Waals surface area contributed by atoms with E-state index in [1.54, 1.807) is 0 Å². The van der Waals surface area contributed by atoms with Crippen LogP contribution < -0.4 is 0 Å². The average Bonchev–Trinajstić information content (AvgIpc) is 2.41. The highest BCUT2D eigenvalue weighted by Gasteiger charge is 1.95. The van der Waals surface area contributed by atoms with Gasteiger partial charge in [0.05, 0.1) is 0 Å². The van der Waals surface area contributed by atoms with E-state index in [0.29, 0.717) is 5.92 Å². The van der Waals surface area contributed by atoms with E-state index >= 15 is 0 Å². The van der Waals surface area contributed by atoms with Crippen molar-refractivity contribution in [2.24, 2.45) is 0 Å². The van der Waals surface area contributed by atoms with Gasteiger partial charge in [-0.3, -0.25) is 0 Å². The summed E-state index contributed by atoms with van der Waals surface area (Å²) in [4.78, 5) is 0. The van der Waals surface area contributed by atoms with Crippen LogP contribution in [0.1, 0.15) is 85.3 Å². The van der Waals surface area contributed by atoms with Crippen LogP contribution in [0.15, 0.2) is 36.4 Å². The van der Waals surface area contributed by atoms with E-state index in [4.69, 9.17) is 0 Å². The Kier molecular flexibility index (Phi) is 24.3. The Morgan fingerprint density at radius 3 is 1.30 bits per heavy atom. The van der Waals surface area contributed by atoms with Crippen molar-refractivity contribution in [2.45, 2.75) is 81.1 Å². The van der Waals surface area contributed by atoms with Crippen LogP contribution in [0.2, 0.25) is 0 Å². The summed E-state index contributed by atoms with van der Waals surface area (Å²) in [6.07, 6.45) is 6.50. The third-order valence-electron chi connectivity index (χ3n) is 2.08. The Labute approximate surface area is 129 Å². The van der Waals surface area contributed by atoms with E-state index in [1.807, 2.05) is 26.0 Å². The summed E-state index contributed by atoms with van der Waals surface area (Å²) in [7, 11) is 0. The molecule has 1 rings (SSSR count). The number of hydrogen-bond donors (Lipinski definition) is 0. The summed E-state index contributed by atoms with van der Waals surface area (Å²) in [6.45, 7) is 19.0. The minimum absolute atomic E-state index is 0.653. The van der Waals surface area contributed by atoms with Crippen molar-refractivity contribution in [2.75, 3.05) is 0 Å². The van der Waals surface area contributed by atoms with Crippen LogP contribution in [0, 0.1) is 6.92 Å². The Bertz CT molecular complexity index is 271. The van der Waals surface area contributed by atoms with E-state index in [2.05, 4.69) is 72.7 Å². The second kappa shape index (κ2) is 20.3. The molecule has 0 aliphatic rings. The van der Waals surface area contributed by atoms with Crippen molar-refractivity contribution in [1.29, 1.82) is 0 Å². The van der Waals surface area contributed by atoms with Gasteiger partial charge >= 0.3 is 0 Å². The van der Waals surface area contributed by atoms with Crippen LogP contribution in [0.4, 0.5) is 0 Å². The first-order valence-corrected chi connectivity index (χ1v) is 8.08. The molecule has 0 saturated heterocycles. The van der Waals surface area contributed by atoms with Gasteiger partial charge in [0, 0.05) is 0 Å². The van der Waals surface area contributed by atoms with E-state index in [-0.39, 0.29) is 0 Å². The number of benzene rings is 1. The van der Waals surface area contributed by atoms with Gasteiger partial charge in [-0.25, -0.2) is 0 Å². The summed E-state index contributed by atoms with van der Waals surface area (Å²) < 4.78 is 0. The number of hydrogen-bond acceptors (Lipinski definition) is 0. The molecule has 20 heavy (non-hydrogen) atoms. The van der Waals surface area contributed by atoms with Crippen LogP contribution in [0.25, 0.3) is 0 Å². The minimum Gasteiger partial charge on any atom is -0.0919 e. The Morgan fingerprint density at radius 1 is 0.800 bits per heavy atom. The van der Waals surface area contributed by atoms with Crippen molar-refractivity contribution >= 4 is 0 Å². The molecule has 0 amide bonds. The molecule has 0 aliphatic heterocycles. The predicted octanol–water partition coefficient (Wildman–Crippen LogP) is 7.53. The van der Waals surface area contributed by atoms with E-state index in [0.717, 1.165) is 0 Å². The van der Waals surface area contributed by atoms with Crippen molar-refractivity contribution in [3.8, 4) is 0 Å². The topological polar surface area (TPSA) is 0 Å². The monoisotopic (exact) mass is 278 g/mol. The third-order valence-corrected chi connectivity index (χ3v) is 2.08. The molecule has 0 heteroatoms. The lowest BCUT2D eigenvalue weighted by molar-refractivity contribution is 0.866. The van der Waals surface area contributed by atoms with Crippen molar-refractivity contribution < 1.29 is 0 Å². The zero-order valence-electron chi connectivity index (χ0n) is 15.5. The van der Waals surface area contributed by atoms with Crippen LogP contribution >= 0.6 is 0 Å². The minimum atomic E-state index is 0.653. The van der Waals surface area contributed by atoms with Crippen molar-refractivity contribution in [3.63, 3.8) is 0 Å². The molecule has 0 heterocycles. The zero-order valence-corrected chi connectivity index (χ0v) is 15.5. The Balaban J connectivity index is -0.000000242. The molecule has 0 spiro atoms. The van der Waals surface area contributed by atoms with Crippen LogP contribution in [0.3, 0.4) is 0 Å². The maximum atomic E-state index is 2.21. The molecule has 0 unspecified atom stereocenters. The fourth-order valence-corrected chi connectivity index (χ4v) is 0.951. The molecule has 0 aromatic heterocycles. The SMILES string of the molecule is C/C=C\C.CCC.CCC.Cc1ccc(C(C)C)cc1. The molecule has 118 valence electrons. The lowest BCUT2D eigenvalue weighted by Gasteiger charge is -2.03. The lowest BCUT2D eigenvalue weighted by atomic mass is 10.0. The van der Waals surface area contributed by atoms with Gasteiger partial charge in [0.15, 0.2) is 0 Å². The molecule has 0 nitrogen and oxygen atoms in total. The third kappa shape index (κ3) is 22.2. The van der Waals surface area contributed by atoms with Gasteiger partial charge < -0.3 is 0 Å². The molecular weight excluding hydrogens is 240 g/mol. The lowest BCUT2D eigenvalue weighted by Crippen LogP contribution is -1.85. The smallest absolute Gasteiger partial charge is 0.0219 e. The first-order valence-electron chi connectivity index (χ1n) is 8.08. The maximum absolute atomic E-state index is 2.21. The maximum Gasteiger partial charge on any atom is -0.0219 e.